The SMILES string of the molecule is CCCn1c(=N)c(C(=O)NC(C)(C)C)cc2c(=O)n3ccccc3nc21. The summed E-state index contributed by atoms with van der Waals surface area (Å²) in [6.45, 7) is 8.11. The quantitative estimate of drug-likeness (QED) is 0.706. The number of carbonyl (C=O) groups is 1. The molecule has 0 aromatic carbocycles. The van der Waals surface area contributed by atoms with Gasteiger partial charge in [-0.3, -0.25) is 19.4 Å². The molecule has 1 amide bonds. The number of hydrogen-bond donors (Lipinski definition) is 2. The molecule has 3 rings (SSSR count). The van der Waals surface area contributed by atoms with E-state index in [0.29, 0.717) is 23.2 Å². The van der Waals surface area contributed by atoms with E-state index in [1.54, 1.807) is 22.9 Å². The lowest BCUT2D eigenvalue weighted by atomic mass is 10.1. The van der Waals surface area contributed by atoms with Crippen molar-refractivity contribution in [1.82, 2.24) is 19.3 Å². The molecule has 3 heterocycles. The molecule has 0 atom stereocenters. The molecule has 0 aliphatic rings. The minimum atomic E-state index is -0.440. The molecule has 7 heteroatoms. The Morgan fingerprint density at radius 1 is 1.31 bits per heavy atom. The zero-order chi connectivity index (χ0) is 19.1. The van der Waals surface area contributed by atoms with Crippen molar-refractivity contribution in [2.45, 2.75) is 46.2 Å². The van der Waals surface area contributed by atoms with Crippen LogP contribution in [-0.2, 0) is 6.54 Å². The second-order valence-corrected chi connectivity index (χ2v) is 7.35. The number of fused-ring (bicyclic) bond motifs is 2. The highest BCUT2D eigenvalue weighted by molar-refractivity contribution is 5.97. The minimum Gasteiger partial charge on any atom is -0.347 e. The van der Waals surface area contributed by atoms with E-state index in [-0.39, 0.29) is 22.5 Å². The number of nitrogens with one attached hydrogen (secondary N) is 2. The highest BCUT2D eigenvalue weighted by Crippen LogP contribution is 2.11. The Bertz CT molecular complexity index is 1120. The fourth-order valence-electron chi connectivity index (χ4n) is 2.91. The molecule has 0 saturated carbocycles. The average molecular weight is 353 g/mol. The van der Waals surface area contributed by atoms with Crippen LogP contribution < -0.4 is 16.4 Å². The number of amides is 1. The predicted molar refractivity (Wildman–Crippen MR) is 100 cm³/mol. The summed E-state index contributed by atoms with van der Waals surface area (Å²) in [7, 11) is 0. The van der Waals surface area contributed by atoms with Crippen LogP contribution in [-0.4, -0.2) is 25.4 Å². The maximum Gasteiger partial charge on any atom is 0.267 e. The number of nitrogens with zero attached hydrogens (tertiary/aromatic N) is 3. The van der Waals surface area contributed by atoms with Crippen molar-refractivity contribution in [3.05, 3.63) is 51.9 Å². The lowest BCUT2D eigenvalue weighted by molar-refractivity contribution is 0.0917. The third-order valence-corrected chi connectivity index (χ3v) is 4.00. The van der Waals surface area contributed by atoms with Crippen molar-refractivity contribution < 1.29 is 4.79 Å². The molecule has 2 N–H and O–H groups in total. The van der Waals surface area contributed by atoms with Gasteiger partial charge in [0.15, 0.2) is 0 Å². The summed E-state index contributed by atoms with van der Waals surface area (Å²) >= 11 is 0. The van der Waals surface area contributed by atoms with E-state index in [9.17, 15) is 9.59 Å². The van der Waals surface area contributed by atoms with E-state index in [2.05, 4.69) is 10.3 Å². The normalized spacial score (nSPS) is 11.8. The van der Waals surface area contributed by atoms with Gasteiger partial charge in [0.1, 0.15) is 16.8 Å². The summed E-state index contributed by atoms with van der Waals surface area (Å²) in [4.78, 5) is 30.2. The van der Waals surface area contributed by atoms with E-state index in [1.165, 1.54) is 10.5 Å². The largest absolute Gasteiger partial charge is 0.347 e. The molecule has 3 aromatic rings. The van der Waals surface area contributed by atoms with Gasteiger partial charge in [-0.05, 0) is 45.4 Å². The number of carbonyl (C=O) groups excluding carboxylic acids is 1. The zero-order valence-electron chi connectivity index (χ0n) is 15.5. The van der Waals surface area contributed by atoms with Crippen LogP contribution in [0.1, 0.15) is 44.5 Å². The Labute approximate surface area is 150 Å². The summed E-state index contributed by atoms with van der Waals surface area (Å²) in [5.74, 6) is -0.369. The van der Waals surface area contributed by atoms with Crippen molar-refractivity contribution in [1.29, 1.82) is 5.41 Å². The molecule has 0 bridgehead atoms. The van der Waals surface area contributed by atoms with Gasteiger partial charge in [0, 0.05) is 18.3 Å². The van der Waals surface area contributed by atoms with Crippen LogP contribution in [0.4, 0.5) is 0 Å². The van der Waals surface area contributed by atoms with Crippen molar-refractivity contribution >= 4 is 22.6 Å². The minimum absolute atomic E-state index is 0.0632. The first-order chi connectivity index (χ1) is 12.2. The van der Waals surface area contributed by atoms with Gasteiger partial charge in [-0.2, -0.15) is 0 Å². The molecule has 0 fully saturated rings. The van der Waals surface area contributed by atoms with Crippen LogP contribution in [0.2, 0.25) is 0 Å². The van der Waals surface area contributed by atoms with Crippen LogP contribution in [0.15, 0.2) is 35.3 Å². The van der Waals surface area contributed by atoms with Crippen molar-refractivity contribution in [3.8, 4) is 0 Å². The Hall–Kier alpha value is -2.96. The molecule has 0 spiro atoms. The molecule has 0 aliphatic carbocycles. The molecule has 0 radical (unpaired) electrons. The molecule has 0 aliphatic heterocycles. The highest BCUT2D eigenvalue weighted by Gasteiger charge is 2.20. The number of pyridine rings is 2. The van der Waals surface area contributed by atoms with Gasteiger partial charge in [-0.1, -0.05) is 13.0 Å². The fourth-order valence-corrected chi connectivity index (χ4v) is 2.91. The average Bonchev–Trinajstić information content (AvgIpc) is 2.56. The molecule has 7 nitrogen and oxygen atoms in total. The van der Waals surface area contributed by atoms with Crippen molar-refractivity contribution in [2.75, 3.05) is 0 Å². The third-order valence-electron chi connectivity index (χ3n) is 4.00. The van der Waals surface area contributed by atoms with Gasteiger partial charge in [-0.25, -0.2) is 4.98 Å². The molecule has 3 aromatic heterocycles. The molecule has 136 valence electrons. The van der Waals surface area contributed by atoms with E-state index in [4.69, 9.17) is 5.41 Å². The maximum absolute atomic E-state index is 12.9. The zero-order valence-corrected chi connectivity index (χ0v) is 15.5. The van der Waals surface area contributed by atoms with Crippen molar-refractivity contribution in [3.63, 3.8) is 0 Å². The maximum atomic E-state index is 12.9. The Kier molecular flexibility index (Phi) is 4.39. The number of aromatic nitrogens is 3. The monoisotopic (exact) mass is 353 g/mol. The van der Waals surface area contributed by atoms with Gasteiger partial charge in [0.25, 0.3) is 11.5 Å². The van der Waals surface area contributed by atoms with Crippen LogP contribution in [0, 0.1) is 5.41 Å². The van der Waals surface area contributed by atoms with E-state index in [0.717, 1.165) is 6.42 Å². The first-order valence-corrected chi connectivity index (χ1v) is 8.65. The number of rotatable bonds is 3. The summed E-state index contributed by atoms with van der Waals surface area (Å²) in [6.07, 6.45) is 2.41. The number of hydrogen-bond acceptors (Lipinski definition) is 4. The van der Waals surface area contributed by atoms with Crippen LogP contribution in [0.5, 0.6) is 0 Å². The van der Waals surface area contributed by atoms with Gasteiger partial charge in [-0.15, -0.1) is 0 Å². The van der Waals surface area contributed by atoms with E-state index in [1.807, 2.05) is 33.8 Å². The first-order valence-electron chi connectivity index (χ1n) is 8.65. The Morgan fingerprint density at radius 2 is 2.04 bits per heavy atom. The van der Waals surface area contributed by atoms with Crippen LogP contribution >= 0.6 is 0 Å². The van der Waals surface area contributed by atoms with Gasteiger partial charge >= 0.3 is 0 Å². The third kappa shape index (κ3) is 3.12. The van der Waals surface area contributed by atoms with Crippen LogP contribution in [0.25, 0.3) is 16.7 Å². The topological polar surface area (TPSA) is 92.2 Å². The highest BCUT2D eigenvalue weighted by atomic mass is 16.2. The summed E-state index contributed by atoms with van der Waals surface area (Å²) in [6, 6.07) is 6.80. The fraction of sp³-hybridized carbons (Fsp3) is 0.368. The smallest absolute Gasteiger partial charge is 0.267 e. The van der Waals surface area contributed by atoms with Crippen molar-refractivity contribution in [2.24, 2.45) is 0 Å². The number of aryl methyl sites for hydroxylation is 1. The first kappa shape index (κ1) is 17.8. The second kappa shape index (κ2) is 6.40. The lowest BCUT2D eigenvalue weighted by Gasteiger charge is -2.21. The molecule has 0 saturated heterocycles. The molecule has 26 heavy (non-hydrogen) atoms. The summed E-state index contributed by atoms with van der Waals surface area (Å²) in [5, 5.41) is 11.7. The van der Waals surface area contributed by atoms with Gasteiger partial charge in [0.05, 0.1) is 10.9 Å². The molecule has 0 unspecified atom stereocenters. The lowest BCUT2D eigenvalue weighted by Crippen LogP contribution is -2.43. The van der Waals surface area contributed by atoms with Gasteiger partial charge < -0.3 is 9.88 Å². The molecular weight excluding hydrogens is 330 g/mol. The summed E-state index contributed by atoms with van der Waals surface area (Å²) in [5.41, 5.74) is 0.496. The van der Waals surface area contributed by atoms with E-state index >= 15 is 0 Å². The summed E-state index contributed by atoms with van der Waals surface area (Å²) < 4.78 is 3.09. The Balaban J connectivity index is 2.38. The standard InChI is InChI=1S/C19H23N5O2/c1-5-9-24-15(20)12(17(25)22-19(2,3)4)11-13-16(24)21-14-8-6-7-10-23(14)18(13)26/h6-8,10-11,20H,5,9H2,1-4H3,(H,22,25). The molecular formula is C19H23N5O2. The van der Waals surface area contributed by atoms with Crippen LogP contribution in [0.3, 0.4) is 0 Å². The van der Waals surface area contributed by atoms with Gasteiger partial charge in [0.2, 0.25) is 0 Å². The predicted octanol–water partition coefficient (Wildman–Crippen LogP) is 2.07. The Morgan fingerprint density at radius 3 is 2.69 bits per heavy atom. The van der Waals surface area contributed by atoms with E-state index < -0.39 is 5.54 Å². The second-order valence-electron chi connectivity index (χ2n) is 7.35.